The SMILES string of the molecule is C=C(C)CN=C(N)NCCNc1ncnc2c1cnn2C. The summed E-state index contributed by atoms with van der Waals surface area (Å²) in [6.07, 6.45) is 3.26. The number of rotatable bonds is 6. The summed E-state index contributed by atoms with van der Waals surface area (Å²) in [6.45, 7) is 7.51. The number of aryl methyl sites for hydroxylation is 1. The van der Waals surface area contributed by atoms with Gasteiger partial charge in [-0.1, -0.05) is 12.2 Å². The lowest BCUT2D eigenvalue weighted by molar-refractivity contribution is 0.785. The van der Waals surface area contributed by atoms with E-state index in [0.29, 0.717) is 25.6 Å². The molecule has 0 saturated carbocycles. The first-order valence-corrected chi connectivity index (χ1v) is 6.62. The molecule has 0 aliphatic carbocycles. The van der Waals surface area contributed by atoms with Crippen molar-refractivity contribution in [2.45, 2.75) is 6.92 Å². The fourth-order valence-corrected chi connectivity index (χ4v) is 1.75. The molecule has 0 spiro atoms. The topological polar surface area (TPSA) is 106 Å². The normalized spacial score (nSPS) is 11.6. The average Bonchev–Trinajstić information content (AvgIpc) is 2.84. The first kappa shape index (κ1) is 14.8. The maximum Gasteiger partial charge on any atom is 0.188 e. The van der Waals surface area contributed by atoms with E-state index in [1.54, 1.807) is 10.9 Å². The van der Waals surface area contributed by atoms with E-state index in [1.165, 1.54) is 6.33 Å². The Labute approximate surface area is 123 Å². The fraction of sp³-hybridized carbons (Fsp3) is 0.385. The molecule has 0 saturated heterocycles. The van der Waals surface area contributed by atoms with Gasteiger partial charge < -0.3 is 16.4 Å². The summed E-state index contributed by atoms with van der Waals surface area (Å²) in [5.74, 6) is 1.17. The Hall–Kier alpha value is -2.64. The number of hydrogen-bond acceptors (Lipinski definition) is 5. The van der Waals surface area contributed by atoms with Crippen LogP contribution in [0.15, 0.2) is 29.7 Å². The minimum Gasteiger partial charge on any atom is -0.370 e. The van der Waals surface area contributed by atoms with Crippen LogP contribution in [0.2, 0.25) is 0 Å². The zero-order valence-corrected chi connectivity index (χ0v) is 12.3. The van der Waals surface area contributed by atoms with E-state index in [0.717, 1.165) is 22.4 Å². The van der Waals surface area contributed by atoms with Gasteiger partial charge in [-0.15, -0.1) is 0 Å². The lowest BCUT2D eigenvalue weighted by Crippen LogP contribution is -2.35. The van der Waals surface area contributed by atoms with Crippen LogP contribution in [-0.2, 0) is 7.05 Å². The van der Waals surface area contributed by atoms with Crippen molar-refractivity contribution in [3.63, 3.8) is 0 Å². The highest BCUT2D eigenvalue weighted by Crippen LogP contribution is 2.16. The lowest BCUT2D eigenvalue weighted by atomic mass is 10.4. The van der Waals surface area contributed by atoms with Crippen LogP contribution in [0.25, 0.3) is 11.0 Å². The largest absolute Gasteiger partial charge is 0.370 e. The summed E-state index contributed by atoms with van der Waals surface area (Å²) >= 11 is 0. The number of guanidine groups is 1. The molecule has 0 radical (unpaired) electrons. The fourth-order valence-electron chi connectivity index (χ4n) is 1.75. The van der Waals surface area contributed by atoms with Crippen molar-refractivity contribution >= 4 is 22.8 Å². The Kier molecular flexibility index (Phi) is 4.70. The van der Waals surface area contributed by atoms with Crippen LogP contribution in [0.4, 0.5) is 5.82 Å². The number of nitrogens with one attached hydrogen (secondary N) is 2. The van der Waals surface area contributed by atoms with Gasteiger partial charge in [-0.2, -0.15) is 5.10 Å². The number of aromatic nitrogens is 4. The van der Waals surface area contributed by atoms with Gasteiger partial charge in [0.2, 0.25) is 0 Å². The van der Waals surface area contributed by atoms with E-state index in [-0.39, 0.29) is 0 Å². The highest BCUT2D eigenvalue weighted by molar-refractivity contribution is 5.86. The molecule has 0 amide bonds. The second-order valence-electron chi connectivity index (χ2n) is 4.74. The molecule has 112 valence electrons. The van der Waals surface area contributed by atoms with Crippen molar-refractivity contribution in [3.8, 4) is 0 Å². The maximum absolute atomic E-state index is 5.73. The molecule has 0 aliphatic heterocycles. The van der Waals surface area contributed by atoms with Gasteiger partial charge in [0.15, 0.2) is 11.6 Å². The molecular weight excluding hydrogens is 268 g/mol. The van der Waals surface area contributed by atoms with E-state index in [4.69, 9.17) is 5.73 Å². The van der Waals surface area contributed by atoms with Crippen molar-refractivity contribution in [3.05, 3.63) is 24.7 Å². The summed E-state index contributed by atoms with van der Waals surface area (Å²) in [6, 6.07) is 0. The van der Waals surface area contributed by atoms with Crippen LogP contribution >= 0.6 is 0 Å². The number of hydrogen-bond donors (Lipinski definition) is 3. The third-order valence-electron chi connectivity index (χ3n) is 2.77. The monoisotopic (exact) mass is 288 g/mol. The quantitative estimate of drug-likeness (QED) is 0.305. The average molecular weight is 288 g/mol. The molecule has 0 unspecified atom stereocenters. The van der Waals surface area contributed by atoms with Crippen LogP contribution < -0.4 is 16.4 Å². The molecule has 21 heavy (non-hydrogen) atoms. The van der Waals surface area contributed by atoms with E-state index in [1.807, 2.05) is 14.0 Å². The first-order chi connectivity index (χ1) is 10.1. The van der Waals surface area contributed by atoms with Crippen molar-refractivity contribution < 1.29 is 0 Å². The highest BCUT2D eigenvalue weighted by atomic mass is 15.3. The predicted molar refractivity (Wildman–Crippen MR) is 84.1 cm³/mol. The third kappa shape index (κ3) is 3.91. The number of nitrogens with two attached hydrogens (primary N) is 1. The molecule has 2 rings (SSSR count). The molecule has 2 aromatic heterocycles. The second kappa shape index (κ2) is 6.69. The molecule has 0 atom stereocenters. The minimum absolute atomic E-state index is 0.411. The number of fused-ring (bicyclic) bond motifs is 1. The summed E-state index contributed by atoms with van der Waals surface area (Å²) in [4.78, 5) is 12.5. The van der Waals surface area contributed by atoms with E-state index >= 15 is 0 Å². The summed E-state index contributed by atoms with van der Waals surface area (Å²) in [7, 11) is 1.85. The lowest BCUT2D eigenvalue weighted by Gasteiger charge is -2.08. The van der Waals surface area contributed by atoms with Gasteiger partial charge in [0, 0.05) is 20.1 Å². The van der Waals surface area contributed by atoms with Crippen molar-refractivity contribution in [1.82, 2.24) is 25.1 Å². The van der Waals surface area contributed by atoms with Gasteiger partial charge in [-0.05, 0) is 6.92 Å². The van der Waals surface area contributed by atoms with Gasteiger partial charge in [0.05, 0.1) is 18.1 Å². The highest BCUT2D eigenvalue weighted by Gasteiger charge is 2.06. The van der Waals surface area contributed by atoms with Crippen LogP contribution in [0.5, 0.6) is 0 Å². The van der Waals surface area contributed by atoms with Crippen molar-refractivity contribution in [2.24, 2.45) is 17.8 Å². The molecular formula is C13H20N8. The number of anilines is 1. The standard InChI is InChI=1S/C13H20N8/c1-9(2)6-17-13(14)16-5-4-15-11-10-7-20-21(3)12(10)19-8-18-11/h7-8H,1,4-6H2,2-3H3,(H3,14,16,17)(H,15,18,19). The Morgan fingerprint density at radius 2 is 2.24 bits per heavy atom. The molecule has 8 heteroatoms. The van der Waals surface area contributed by atoms with Gasteiger partial charge in [-0.25, -0.2) is 15.0 Å². The van der Waals surface area contributed by atoms with Gasteiger partial charge >= 0.3 is 0 Å². The molecule has 2 heterocycles. The molecule has 0 aliphatic rings. The Balaban J connectivity index is 1.85. The zero-order chi connectivity index (χ0) is 15.2. The smallest absolute Gasteiger partial charge is 0.188 e. The molecule has 0 fully saturated rings. The minimum atomic E-state index is 0.411. The molecule has 4 N–H and O–H groups in total. The van der Waals surface area contributed by atoms with Crippen LogP contribution in [0.3, 0.4) is 0 Å². The number of aliphatic imine (C=N–C) groups is 1. The Bertz CT molecular complexity index is 657. The molecule has 0 bridgehead atoms. The van der Waals surface area contributed by atoms with Crippen LogP contribution in [-0.4, -0.2) is 45.3 Å². The predicted octanol–water partition coefficient (Wildman–Crippen LogP) is 0.256. The third-order valence-corrected chi connectivity index (χ3v) is 2.77. The van der Waals surface area contributed by atoms with E-state index in [2.05, 4.69) is 37.3 Å². The summed E-state index contributed by atoms with van der Waals surface area (Å²) in [5, 5.41) is 11.3. The first-order valence-electron chi connectivity index (χ1n) is 6.62. The maximum atomic E-state index is 5.73. The number of nitrogens with zero attached hydrogens (tertiary/aromatic N) is 5. The van der Waals surface area contributed by atoms with Crippen molar-refractivity contribution in [2.75, 3.05) is 25.0 Å². The zero-order valence-electron chi connectivity index (χ0n) is 12.3. The molecule has 8 nitrogen and oxygen atoms in total. The Morgan fingerprint density at radius 3 is 3.00 bits per heavy atom. The van der Waals surface area contributed by atoms with Gasteiger partial charge in [-0.3, -0.25) is 4.68 Å². The summed E-state index contributed by atoms with van der Waals surface area (Å²) in [5.41, 5.74) is 7.49. The Morgan fingerprint density at radius 1 is 1.43 bits per heavy atom. The van der Waals surface area contributed by atoms with Crippen LogP contribution in [0, 0.1) is 0 Å². The van der Waals surface area contributed by atoms with Crippen LogP contribution in [0.1, 0.15) is 6.92 Å². The van der Waals surface area contributed by atoms with Gasteiger partial charge in [0.1, 0.15) is 12.1 Å². The van der Waals surface area contributed by atoms with Gasteiger partial charge in [0.25, 0.3) is 0 Å². The molecule has 0 aromatic carbocycles. The second-order valence-corrected chi connectivity index (χ2v) is 4.74. The van der Waals surface area contributed by atoms with E-state index < -0.39 is 0 Å². The summed E-state index contributed by atoms with van der Waals surface area (Å²) < 4.78 is 1.71. The van der Waals surface area contributed by atoms with E-state index in [9.17, 15) is 0 Å². The van der Waals surface area contributed by atoms with Crippen molar-refractivity contribution in [1.29, 1.82) is 0 Å². The molecule has 2 aromatic rings.